The van der Waals surface area contributed by atoms with Gasteiger partial charge in [-0.15, -0.1) is 0 Å². The molecule has 0 unspecified atom stereocenters. The lowest BCUT2D eigenvalue weighted by Crippen LogP contribution is -2.18. The van der Waals surface area contributed by atoms with Crippen LogP contribution in [-0.2, 0) is 9.63 Å². The largest absolute Gasteiger partial charge is 0.382 e. The van der Waals surface area contributed by atoms with Gasteiger partial charge in [0.2, 0.25) is 6.41 Å². The first kappa shape index (κ1) is 8.12. The molecule has 0 saturated heterocycles. The molecular formula is C6H5N3O3. The van der Waals surface area contributed by atoms with Crippen molar-refractivity contribution >= 4 is 12.4 Å². The predicted octanol–water partition coefficient (Wildman–Crippen LogP) is -0.706. The maximum atomic E-state index is 10.9. The molecule has 1 N–H and O–H groups in total. The first-order chi connectivity index (χ1) is 5.84. The summed E-state index contributed by atoms with van der Waals surface area (Å²) in [6.07, 6.45) is 4.24. The Balaban J connectivity index is 2.59. The Bertz CT molecular complexity index is 275. The molecule has 1 aromatic rings. The van der Waals surface area contributed by atoms with Crippen molar-refractivity contribution in [2.45, 2.75) is 0 Å². The zero-order valence-electron chi connectivity index (χ0n) is 5.93. The molecule has 0 aliphatic rings. The number of amides is 1. The van der Waals surface area contributed by atoms with Crippen LogP contribution in [0.5, 0.6) is 0 Å². The molecular weight excluding hydrogens is 162 g/mol. The van der Waals surface area contributed by atoms with Gasteiger partial charge in [0, 0.05) is 12.4 Å². The fraction of sp³-hybridized carbons (Fsp3) is 0. The van der Waals surface area contributed by atoms with Crippen LogP contribution in [0.4, 0.5) is 0 Å². The predicted molar refractivity (Wildman–Crippen MR) is 36.6 cm³/mol. The first-order valence-electron chi connectivity index (χ1n) is 3.01. The molecule has 0 atom stereocenters. The zero-order chi connectivity index (χ0) is 8.81. The Morgan fingerprint density at radius 1 is 1.58 bits per heavy atom. The third-order valence-electron chi connectivity index (χ3n) is 0.972. The molecule has 0 aliphatic heterocycles. The van der Waals surface area contributed by atoms with Crippen LogP contribution >= 0.6 is 0 Å². The van der Waals surface area contributed by atoms with Crippen LogP contribution in [0.15, 0.2) is 18.6 Å². The maximum absolute atomic E-state index is 10.9. The van der Waals surface area contributed by atoms with E-state index in [9.17, 15) is 9.59 Å². The molecule has 1 heterocycles. The van der Waals surface area contributed by atoms with Crippen LogP contribution in [0.25, 0.3) is 0 Å². The lowest BCUT2D eigenvalue weighted by molar-refractivity contribution is -0.117. The van der Waals surface area contributed by atoms with E-state index in [2.05, 4.69) is 14.8 Å². The van der Waals surface area contributed by atoms with Crippen LogP contribution in [0.1, 0.15) is 10.5 Å². The van der Waals surface area contributed by atoms with E-state index in [1.165, 1.54) is 18.6 Å². The molecule has 12 heavy (non-hydrogen) atoms. The maximum Gasteiger partial charge on any atom is 0.382 e. The lowest BCUT2D eigenvalue weighted by atomic mass is 10.5. The van der Waals surface area contributed by atoms with Crippen molar-refractivity contribution in [3.8, 4) is 0 Å². The molecule has 6 nitrogen and oxygen atoms in total. The minimum Gasteiger partial charge on any atom is -0.334 e. The highest BCUT2D eigenvalue weighted by Gasteiger charge is 2.07. The molecule has 0 bridgehead atoms. The van der Waals surface area contributed by atoms with Crippen LogP contribution in [0, 0.1) is 0 Å². The SMILES string of the molecule is O=CNOC(=O)c1cnccn1. The second-order valence-corrected chi connectivity index (χ2v) is 1.72. The molecule has 1 amide bonds. The molecule has 0 spiro atoms. The normalized spacial score (nSPS) is 8.67. The Morgan fingerprint density at radius 3 is 3.00 bits per heavy atom. The third-order valence-corrected chi connectivity index (χ3v) is 0.972. The van der Waals surface area contributed by atoms with Gasteiger partial charge >= 0.3 is 5.97 Å². The lowest BCUT2D eigenvalue weighted by Gasteiger charge is -1.97. The number of rotatable bonds is 3. The Morgan fingerprint density at radius 2 is 2.42 bits per heavy atom. The van der Waals surface area contributed by atoms with Gasteiger partial charge in [-0.1, -0.05) is 0 Å². The van der Waals surface area contributed by atoms with Crippen LogP contribution < -0.4 is 5.48 Å². The van der Waals surface area contributed by atoms with Crippen molar-refractivity contribution in [2.24, 2.45) is 0 Å². The summed E-state index contributed by atoms with van der Waals surface area (Å²) in [7, 11) is 0. The van der Waals surface area contributed by atoms with Gasteiger partial charge in [-0.3, -0.25) is 9.78 Å². The van der Waals surface area contributed by atoms with E-state index in [-0.39, 0.29) is 12.1 Å². The van der Waals surface area contributed by atoms with Gasteiger partial charge in [0.25, 0.3) is 0 Å². The standard InChI is InChI=1S/C6H5N3O3/c10-4-9-12-6(11)5-3-7-1-2-8-5/h1-4H,(H,9,10). The number of aromatic nitrogens is 2. The fourth-order valence-electron chi connectivity index (χ4n) is 0.534. The Kier molecular flexibility index (Phi) is 2.72. The molecule has 0 saturated carbocycles. The van der Waals surface area contributed by atoms with Gasteiger partial charge in [-0.05, 0) is 0 Å². The number of hydroxylamine groups is 1. The third kappa shape index (κ3) is 2.01. The van der Waals surface area contributed by atoms with Gasteiger partial charge in [-0.2, -0.15) is 5.48 Å². The summed E-state index contributed by atoms with van der Waals surface area (Å²) in [5.41, 5.74) is 1.78. The van der Waals surface area contributed by atoms with E-state index in [4.69, 9.17) is 0 Å². The second kappa shape index (κ2) is 4.02. The molecule has 1 aromatic heterocycles. The van der Waals surface area contributed by atoms with Crippen molar-refractivity contribution in [1.29, 1.82) is 0 Å². The number of nitrogens with zero attached hydrogens (tertiary/aromatic N) is 2. The fourth-order valence-corrected chi connectivity index (χ4v) is 0.534. The van der Waals surface area contributed by atoms with Crippen molar-refractivity contribution in [3.05, 3.63) is 24.3 Å². The van der Waals surface area contributed by atoms with Crippen molar-refractivity contribution in [3.63, 3.8) is 0 Å². The minimum atomic E-state index is -0.754. The van der Waals surface area contributed by atoms with E-state index in [0.29, 0.717) is 0 Å². The Hall–Kier alpha value is -1.98. The van der Waals surface area contributed by atoms with E-state index >= 15 is 0 Å². The highest BCUT2D eigenvalue weighted by atomic mass is 16.7. The van der Waals surface area contributed by atoms with Gasteiger partial charge in [0.05, 0.1) is 6.20 Å². The average Bonchev–Trinajstić information content (AvgIpc) is 2.15. The molecule has 1 rings (SSSR count). The van der Waals surface area contributed by atoms with Crippen LogP contribution in [0.3, 0.4) is 0 Å². The van der Waals surface area contributed by atoms with E-state index in [1.807, 2.05) is 0 Å². The number of carbonyl (C=O) groups is 2. The molecule has 0 aromatic carbocycles. The monoisotopic (exact) mass is 167 g/mol. The van der Waals surface area contributed by atoms with Gasteiger partial charge < -0.3 is 4.84 Å². The first-order valence-corrected chi connectivity index (χ1v) is 3.01. The highest BCUT2D eigenvalue weighted by molar-refractivity contribution is 5.86. The quantitative estimate of drug-likeness (QED) is 0.475. The average molecular weight is 167 g/mol. The molecule has 0 fully saturated rings. The van der Waals surface area contributed by atoms with Crippen molar-refractivity contribution < 1.29 is 14.4 Å². The number of carbonyl (C=O) groups excluding carboxylic acids is 2. The second-order valence-electron chi connectivity index (χ2n) is 1.72. The van der Waals surface area contributed by atoms with Gasteiger partial charge in [0.1, 0.15) is 0 Å². The summed E-state index contributed by atoms with van der Waals surface area (Å²) in [6, 6.07) is 0. The summed E-state index contributed by atoms with van der Waals surface area (Å²) in [5.74, 6) is -0.754. The topological polar surface area (TPSA) is 81.2 Å². The molecule has 0 radical (unpaired) electrons. The van der Waals surface area contributed by atoms with E-state index in [1.54, 1.807) is 5.48 Å². The molecule has 0 aliphatic carbocycles. The number of nitrogens with one attached hydrogen (secondary N) is 1. The zero-order valence-corrected chi connectivity index (χ0v) is 5.93. The minimum absolute atomic E-state index is 0.0341. The van der Waals surface area contributed by atoms with Gasteiger partial charge in [0.15, 0.2) is 5.69 Å². The molecule has 6 heteroatoms. The van der Waals surface area contributed by atoms with Gasteiger partial charge in [-0.25, -0.2) is 9.78 Å². The summed E-state index contributed by atoms with van der Waals surface area (Å²) in [5, 5.41) is 0. The van der Waals surface area contributed by atoms with E-state index in [0.717, 1.165) is 0 Å². The van der Waals surface area contributed by atoms with Crippen molar-refractivity contribution in [1.82, 2.24) is 15.4 Å². The number of hydrogen-bond donors (Lipinski definition) is 1. The summed E-state index contributed by atoms with van der Waals surface area (Å²) < 4.78 is 0. The van der Waals surface area contributed by atoms with E-state index < -0.39 is 5.97 Å². The van der Waals surface area contributed by atoms with Crippen molar-refractivity contribution in [2.75, 3.05) is 0 Å². The molecule has 62 valence electrons. The summed E-state index contributed by atoms with van der Waals surface area (Å²) in [4.78, 5) is 32.1. The number of hydrogen-bond acceptors (Lipinski definition) is 5. The highest BCUT2D eigenvalue weighted by Crippen LogP contribution is 1.91. The van der Waals surface area contributed by atoms with Crippen LogP contribution in [0.2, 0.25) is 0 Å². The van der Waals surface area contributed by atoms with Crippen LogP contribution in [-0.4, -0.2) is 22.3 Å². The summed E-state index contributed by atoms with van der Waals surface area (Å²) in [6.45, 7) is 0. The summed E-state index contributed by atoms with van der Waals surface area (Å²) >= 11 is 0. The smallest absolute Gasteiger partial charge is 0.334 e. The Labute approximate surface area is 67.5 Å².